The zero-order valence-corrected chi connectivity index (χ0v) is 8.03. The summed E-state index contributed by atoms with van der Waals surface area (Å²) >= 11 is 1.72. The lowest BCUT2D eigenvalue weighted by Crippen LogP contribution is -1.94. The van der Waals surface area contributed by atoms with E-state index >= 15 is 0 Å². The van der Waals surface area contributed by atoms with E-state index in [1.807, 2.05) is 18.3 Å². The minimum atomic E-state index is 1.05. The van der Waals surface area contributed by atoms with E-state index in [0.717, 1.165) is 5.69 Å². The molecular weight excluding hydrogens is 182 g/mol. The van der Waals surface area contributed by atoms with Gasteiger partial charge in [-0.3, -0.25) is 0 Å². The molecule has 2 aromatic rings. The third-order valence-electron chi connectivity index (χ3n) is 1.74. The number of hydrogen-bond acceptors (Lipinski definition) is 3. The third-order valence-corrected chi connectivity index (χ3v) is 2.47. The number of aromatic nitrogens is 3. The van der Waals surface area contributed by atoms with E-state index in [0.29, 0.717) is 0 Å². The van der Waals surface area contributed by atoms with Crippen LogP contribution in [0.15, 0.2) is 41.6 Å². The monoisotopic (exact) mass is 191 g/mol. The molecule has 0 aliphatic carbocycles. The molecule has 1 aromatic heterocycles. The molecule has 3 nitrogen and oxygen atoms in total. The van der Waals surface area contributed by atoms with Gasteiger partial charge in [0.1, 0.15) is 0 Å². The van der Waals surface area contributed by atoms with Crippen LogP contribution in [0.25, 0.3) is 5.69 Å². The van der Waals surface area contributed by atoms with Crippen molar-refractivity contribution in [3.8, 4) is 5.69 Å². The Morgan fingerprint density at radius 3 is 3.00 bits per heavy atom. The van der Waals surface area contributed by atoms with Gasteiger partial charge in [0, 0.05) is 4.90 Å². The first-order valence-electron chi connectivity index (χ1n) is 3.91. The lowest BCUT2D eigenvalue weighted by Gasteiger charge is -2.01. The molecule has 4 heteroatoms. The molecule has 1 heterocycles. The smallest absolute Gasteiger partial charge is 0.0697 e. The van der Waals surface area contributed by atoms with Crippen molar-refractivity contribution >= 4 is 11.8 Å². The second-order valence-electron chi connectivity index (χ2n) is 2.55. The SMILES string of the molecule is CSc1cccc(-n2ccnn2)c1. The average Bonchev–Trinajstić information content (AvgIpc) is 2.71. The van der Waals surface area contributed by atoms with Crippen molar-refractivity contribution in [2.75, 3.05) is 6.26 Å². The number of thioether (sulfide) groups is 1. The number of rotatable bonds is 2. The molecular formula is C9H9N3S. The molecule has 0 radical (unpaired) electrons. The highest BCUT2D eigenvalue weighted by atomic mass is 32.2. The van der Waals surface area contributed by atoms with Gasteiger partial charge in [0.2, 0.25) is 0 Å². The standard InChI is InChI=1S/C9H9N3S/c1-13-9-4-2-3-8(7-9)12-6-5-10-11-12/h2-7H,1H3. The largest absolute Gasteiger partial charge is 0.221 e. The highest BCUT2D eigenvalue weighted by molar-refractivity contribution is 7.98. The molecule has 0 unspecified atom stereocenters. The molecule has 0 fully saturated rings. The summed E-state index contributed by atoms with van der Waals surface area (Å²) in [5.74, 6) is 0. The maximum absolute atomic E-state index is 3.92. The fraction of sp³-hybridized carbons (Fsp3) is 0.111. The third kappa shape index (κ3) is 1.72. The van der Waals surface area contributed by atoms with E-state index in [1.54, 1.807) is 22.6 Å². The Morgan fingerprint density at radius 1 is 1.38 bits per heavy atom. The predicted molar refractivity (Wildman–Crippen MR) is 53.1 cm³/mol. The van der Waals surface area contributed by atoms with Crippen molar-refractivity contribution in [1.29, 1.82) is 0 Å². The molecule has 0 N–H and O–H groups in total. The van der Waals surface area contributed by atoms with Crippen LogP contribution in [-0.2, 0) is 0 Å². The molecule has 0 aliphatic rings. The first-order chi connectivity index (χ1) is 6.40. The van der Waals surface area contributed by atoms with Gasteiger partial charge >= 0.3 is 0 Å². The fourth-order valence-corrected chi connectivity index (χ4v) is 1.55. The van der Waals surface area contributed by atoms with Gasteiger partial charge in [-0.15, -0.1) is 16.9 Å². The molecule has 0 bridgehead atoms. The highest BCUT2D eigenvalue weighted by Gasteiger charge is 1.96. The summed E-state index contributed by atoms with van der Waals surface area (Å²) in [6, 6.07) is 8.18. The van der Waals surface area contributed by atoms with Gasteiger partial charge in [-0.25, -0.2) is 4.68 Å². The minimum Gasteiger partial charge on any atom is -0.221 e. The highest BCUT2D eigenvalue weighted by Crippen LogP contribution is 2.17. The van der Waals surface area contributed by atoms with Crippen molar-refractivity contribution in [3.63, 3.8) is 0 Å². The summed E-state index contributed by atoms with van der Waals surface area (Å²) in [6.45, 7) is 0. The fourth-order valence-electron chi connectivity index (χ4n) is 1.10. The van der Waals surface area contributed by atoms with E-state index in [2.05, 4.69) is 28.7 Å². The first-order valence-corrected chi connectivity index (χ1v) is 5.13. The Labute approximate surface area is 80.8 Å². The Morgan fingerprint density at radius 2 is 2.31 bits per heavy atom. The van der Waals surface area contributed by atoms with Gasteiger partial charge in [-0.05, 0) is 24.5 Å². The summed E-state index contributed by atoms with van der Waals surface area (Å²) in [5, 5.41) is 7.68. The maximum atomic E-state index is 3.92. The second kappa shape index (κ2) is 3.62. The Balaban J connectivity index is 2.41. The zero-order valence-electron chi connectivity index (χ0n) is 7.21. The van der Waals surface area contributed by atoms with Gasteiger partial charge in [-0.1, -0.05) is 11.3 Å². The van der Waals surface area contributed by atoms with Gasteiger partial charge in [0.05, 0.1) is 18.1 Å². The minimum absolute atomic E-state index is 1.05. The van der Waals surface area contributed by atoms with Crippen molar-refractivity contribution in [2.45, 2.75) is 4.90 Å². The summed E-state index contributed by atoms with van der Waals surface area (Å²) in [5.41, 5.74) is 1.05. The topological polar surface area (TPSA) is 30.7 Å². The molecule has 2 rings (SSSR count). The summed E-state index contributed by atoms with van der Waals surface area (Å²) in [4.78, 5) is 1.23. The molecule has 0 atom stereocenters. The van der Waals surface area contributed by atoms with Crippen LogP contribution in [0, 0.1) is 0 Å². The molecule has 66 valence electrons. The van der Waals surface area contributed by atoms with Gasteiger partial charge < -0.3 is 0 Å². The van der Waals surface area contributed by atoms with E-state index in [9.17, 15) is 0 Å². The van der Waals surface area contributed by atoms with Crippen LogP contribution < -0.4 is 0 Å². The van der Waals surface area contributed by atoms with Gasteiger partial charge in [0.15, 0.2) is 0 Å². The van der Waals surface area contributed by atoms with Crippen molar-refractivity contribution in [2.24, 2.45) is 0 Å². The van der Waals surface area contributed by atoms with E-state index in [-0.39, 0.29) is 0 Å². The average molecular weight is 191 g/mol. The van der Waals surface area contributed by atoms with Crippen LogP contribution in [0.5, 0.6) is 0 Å². The van der Waals surface area contributed by atoms with Gasteiger partial charge in [-0.2, -0.15) is 0 Å². The van der Waals surface area contributed by atoms with E-state index < -0.39 is 0 Å². The van der Waals surface area contributed by atoms with Crippen LogP contribution >= 0.6 is 11.8 Å². The normalized spacial score (nSPS) is 10.2. The summed E-state index contributed by atoms with van der Waals surface area (Å²) in [6.07, 6.45) is 5.56. The molecule has 0 aliphatic heterocycles. The first kappa shape index (κ1) is 8.31. The molecule has 13 heavy (non-hydrogen) atoms. The Kier molecular flexibility index (Phi) is 2.31. The quantitative estimate of drug-likeness (QED) is 0.680. The van der Waals surface area contributed by atoms with E-state index in [1.165, 1.54) is 4.90 Å². The van der Waals surface area contributed by atoms with Crippen molar-refractivity contribution in [3.05, 3.63) is 36.7 Å². The second-order valence-corrected chi connectivity index (χ2v) is 3.43. The Hall–Kier alpha value is -1.29. The molecule has 0 amide bonds. The zero-order chi connectivity index (χ0) is 9.10. The lowest BCUT2D eigenvalue weighted by atomic mass is 10.3. The molecule has 1 aromatic carbocycles. The van der Waals surface area contributed by atoms with Crippen LogP contribution in [0.1, 0.15) is 0 Å². The van der Waals surface area contributed by atoms with E-state index in [4.69, 9.17) is 0 Å². The Bertz CT molecular complexity index is 384. The van der Waals surface area contributed by atoms with Gasteiger partial charge in [0.25, 0.3) is 0 Å². The van der Waals surface area contributed by atoms with Crippen molar-refractivity contribution < 1.29 is 0 Å². The number of nitrogens with zero attached hydrogens (tertiary/aromatic N) is 3. The molecule has 0 saturated carbocycles. The number of benzene rings is 1. The maximum Gasteiger partial charge on any atom is 0.0697 e. The summed E-state index contributed by atoms with van der Waals surface area (Å²) in [7, 11) is 0. The molecule has 0 spiro atoms. The van der Waals surface area contributed by atoms with Crippen LogP contribution in [-0.4, -0.2) is 21.2 Å². The van der Waals surface area contributed by atoms with Crippen molar-refractivity contribution in [1.82, 2.24) is 15.0 Å². The molecule has 0 saturated heterocycles. The van der Waals surface area contributed by atoms with Crippen LogP contribution in [0.2, 0.25) is 0 Å². The van der Waals surface area contributed by atoms with Crippen LogP contribution in [0.3, 0.4) is 0 Å². The van der Waals surface area contributed by atoms with Crippen LogP contribution in [0.4, 0.5) is 0 Å². The number of hydrogen-bond donors (Lipinski definition) is 0. The lowest BCUT2D eigenvalue weighted by molar-refractivity contribution is 0.801. The predicted octanol–water partition coefficient (Wildman–Crippen LogP) is 1.99. The summed E-state index contributed by atoms with van der Waals surface area (Å²) < 4.78 is 1.75.